The fourth-order valence-electron chi connectivity index (χ4n) is 9.04. The molecule has 0 fully saturated rings. The van der Waals surface area contributed by atoms with Gasteiger partial charge in [-0.05, 0) is 134 Å². The van der Waals surface area contributed by atoms with E-state index >= 15 is 0 Å². The van der Waals surface area contributed by atoms with Crippen molar-refractivity contribution in [1.82, 2.24) is 0 Å². The molecule has 0 amide bonds. The maximum atomic E-state index is 2.43. The maximum Gasteiger partial charge on any atom is -0.000720 e. The molecule has 42 heavy (non-hydrogen) atoms. The summed E-state index contributed by atoms with van der Waals surface area (Å²) in [5, 5.41) is 16.7. The van der Waals surface area contributed by atoms with Crippen LogP contribution in [-0.2, 0) is 0 Å². The lowest BCUT2D eigenvalue weighted by Crippen LogP contribution is -1.92. The summed E-state index contributed by atoms with van der Waals surface area (Å²) in [5.74, 6) is 0. The molecule has 0 unspecified atom stereocenters. The first-order chi connectivity index (χ1) is 20.7. The average Bonchev–Trinajstić information content (AvgIpc) is 3.57. The molecule has 9 aromatic rings. The summed E-state index contributed by atoms with van der Waals surface area (Å²) < 4.78 is 0. The number of rotatable bonds is 0. The van der Waals surface area contributed by atoms with Crippen LogP contribution < -0.4 is 0 Å². The fourth-order valence-corrected chi connectivity index (χ4v) is 9.04. The molecule has 0 heterocycles. The Morgan fingerprint density at radius 3 is 1.43 bits per heavy atom. The van der Waals surface area contributed by atoms with Gasteiger partial charge in [-0.2, -0.15) is 0 Å². The van der Waals surface area contributed by atoms with E-state index in [1.54, 1.807) is 0 Å². The molecular formula is C42H24. The molecule has 0 nitrogen and oxygen atoms in total. The minimum Gasteiger partial charge on any atom is -0.0616 e. The molecule has 0 radical (unpaired) electrons. The van der Waals surface area contributed by atoms with Crippen molar-refractivity contribution < 1.29 is 0 Å². The minimum atomic E-state index is 1.36. The lowest BCUT2D eigenvalue weighted by molar-refractivity contribution is 1.47. The second-order valence-electron chi connectivity index (χ2n) is 12.4. The first-order valence-corrected chi connectivity index (χ1v) is 15.0. The Hall–Kier alpha value is -5.20. The molecule has 0 atom stereocenters. The van der Waals surface area contributed by atoms with Gasteiger partial charge >= 0.3 is 0 Å². The van der Waals surface area contributed by atoms with Gasteiger partial charge in [0.05, 0.1) is 0 Å². The summed E-state index contributed by atoms with van der Waals surface area (Å²) in [6.07, 6.45) is 0. The van der Waals surface area contributed by atoms with Gasteiger partial charge in [0.2, 0.25) is 0 Å². The van der Waals surface area contributed by atoms with Gasteiger partial charge in [-0.3, -0.25) is 0 Å². The zero-order valence-corrected chi connectivity index (χ0v) is 23.4. The molecule has 192 valence electrons. The largest absolute Gasteiger partial charge is 0.0616 e. The summed E-state index contributed by atoms with van der Waals surface area (Å²) in [7, 11) is 0. The Balaban J connectivity index is 1.44. The first kappa shape index (κ1) is 21.5. The van der Waals surface area contributed by atoms with Crippen LogP contribution in [0.25, 0.3) is 109 Å². The van der Waals surface area contributed by atoms with Gasteiger partial charge in [0.25, 0.3) is 0 Å². The number of aryl methyl sites for hydroxylation is 2. The highest BCUT2D eigenvalue weighted by molar-refractivity contribution is 6.45. The molecule has 0 aliphatic heterocycles. The summed E-state index contributed by atoms with van der Waals surface area (Å²) in [5.41, 5.74) is 13.9. The van der Waals surface area contributed by atoms with Crippen LogP contribution in [0.15, 0.2) is 109 Å². The monoisotopic (exact) mass is 528 g/mol. The van der Waals surface area contributed by atoms with Crippen molar-refractivity contribution in [2.24, 2.45) is 0 Å². The Kier molecular flexibility index (Phi) is 3.58. The molecule has 11 rings (SSSR count). The summed E-state index contributed by atoms with van der Waals surface area (Å²) in [6, 6.07) is 41.5. The van der Waals surface area contributed by atoms with Crippen LogP contribution in [0.1, 0.15) is 11.1 Å². The number of fused-ring (bicyclic) bond motifs is 12. The first-order valence-electron chi connectivity index (χ1n) is 15.0. The van der Waals surface area contributed by atoms with E-state index in [2.05, 4.69) is 123 Å². The fraction of sp³-hybridized carbons (Fsp3) is 0.0476. The third kappa shape index (κ3) is 2.19. The summed E-state index contributed by atoms with van der Waals surface area (Å²) in [6.45, 7) is 4.66. The van der Waals surface area contributed by atoms with Crippen molar-refractivity contribution in [3.8, 4) is 44.5 Å². The topological polar surface area (TPSA) is 0 Å². The Bertz CT molecular complexity index is 2710. The molecular weight excluding hydrogens is 504 g/mol. The van der Waals surface area contributed by atoms with Gasteiger partial charge in [-0.1, -0.05) is 109 Å². The van der Waals surface area contributed by atoms with Gasteiger partial charge < -0.3 is 0 Å². The van der Waals surface area contributed by atoms with Crippen molar-refractivity contribution in [3.05, 3.63) is 120 Å². The van der Waals surface area contributed by atoms with E-state index in [4.69, 9.17) is 0 Å². The van der Waals surface area contributed by atoms with E-state index in [1.807, 2.05) is 0 Å². The SMILES string of the molecule is Cc1c2c(c(C)c3ccccc13)-c1c3ccccc3c3c4ccc5c6c(ccc(c7ccc-2c1c73)c64)-c1ccccc1-5. The van der Waals surface area contributed by atoms with E-state index in [0.717, 1.165) is 0 Å². The Labute approximate surface area is 242 Å². The molecule has 0 N–H and O–H groups in total. The predicted octanol–water partition coefficient (Wildman–Crippen LogP) is 12.0. The Morgan fingerprint density at radius 2 is 0.738 bits per heavy atom. The van der Waals surface area contributed by atoms with Crippen molar-refractivity contribution in [1.29, 1.82) is 0 Å². The standard InChI is InChI=1S/C42H24/c1-21-23-9-3-4-10-24(23)22(2)36-35(21)33-19-18-32-31-16-15-29-25-11-5-6-12-26(25)30-17-20-34(38(31)37(29)30)39-27-13-7-8-14-28(27)40(36)42(33)41(32)39/h3-20H,1-2H3. The lowest BCUT2D eigenvalue weighted by Gasteiger charge is -2.19. The maximum absolute atomic E-state index is 2.43. The van der Waals surface area contributed by atoms with Gasteiger partial charge in [0.1, 0.15) is 0 Å². The van der Waals surface area contributed by atoms with E-state index in [-0.39, 0.29) is 0 Å². The highest BCUT2D eigenvalue weighted by atomic mass is 14.3. The normalized spacial score (nSPS) is 13.0. The van der Waals surface area contributed by atoms with Crippen LogP contribution in [0.3, 0.4) is 0 Å². The molecule has 9 aromatic carbocycles. The molecule has 0 aromatic heterocycles. The number of hydrogen-bond acceptors (Lipinski definition) is 0. The zero-order valence-electron chi connectivity index (χ0n) is 23.4. The lowest BCUT2D eigenvalue weighted by atomic mass is 9.83. The van der Waals surface area contributed by atoms with E-state index in [9.17, 15) is 0 Å². The molecule has 0 heteroatoms. The van der Waals surface area contributed by atoms with E-state index in [1.165, 1.54) is 120 Å². The van der Waals surface area contributed by atoms with Gasteiger partial charge in [-0.15, -0.1) is 0 Å². The second kappa shape index (κ2) is 6.98. The van der Waals surface area contributed by atoms with Gasteiger partial charge in [0.15, 0.2) is 0 Å². The molecule has 0 saturated heterocycles. The van der Waals surface area contributed by atoms with Crippen LogP contribution in [0.4, 0.5) is 0 Å². The van der Waals surface area contributed by atoms with Crippen molar-refractivity contribution in [2.75, 3.05) is 0 Å². The van der Waals surface area contributed by atoms with Crippen molar-refractivity contribution in [3.63, 3.8) is 0 Å². The molecule has 0 saturated carbocycles. The highest BCUT2D eigenvalue weighted by Gasteiger charge is 2.32. The molecule has 2 aliphatic rings. The average molecular weight is 529 g/mol. The van der Waals surface area contributed by atoms with Crippen LogP contribution in [-0.4, -0.2) is 0 Å². The molecule has 0 bridgehead atoms. The predicted molar refractivity (Wildman–Crippen MR) is 181 cm³/mol. The smallest absolute Gasteiger partial charge is 0.000720 e. The van der Waals surface area contributed by atoms with Crippen LogP contribution in [0.5, 0.6) is 0 Å². The van der Waals surface area contributed by atoms with E-state index < -0.39 is 0 Å². The van der Waals surface area contributed by atoms with Crippen LogP contribution in [0.2, 0.25) is 0 Å². The van der Waals surface area contributed by atoms with Gasteiger partial charge in [0, 0.05) is 0 Å². The summed E-state index contributed by atoms with van der Waals surface area (Å²) in [4.78, 5) is 0. The molecule has 0 spiro atoms. The van der Waals surface area contributed by atoms with Crippen molar-refractivity contribution >= 4 is 64.6 Å². The van der Waals surface area contributed by atoms with Crippen LogP contribution in [0, 0.1) is 13.8 Å². The zero-order chi connectivity index (χ0) is 27.4. The Morgan fingerprint density at radius 1 is 0.262 bits per heavy atom. The minimum absolute atomic E-state index is 1.36. The highest BCUT2D eigenvalue weighted by Crippen LogP contribution is 2.59. The third-order valence-corrected chi connectivity index (χ3v) is 10.7. The van der Waals surface area contributed by atoms with Gasteiger partial charge in [-0.25, -0.2) is 0 Å². The summed E-state index contributed by atoms with van der Waals surface area (Å²) >= 11 is 0. The molecule has 2 aliphatic carbocycles. The van der Waals surface area contributed by atoms with E-state index in [0.29, 0.717) is 0 Å². The third-order valence-electron chi connectivity index (χ3n) is 10.7. The van der Waals surface area contributed by atoms with Crippen molar-refractivity contribution in [2.45, 2.75) is 13.8 Å². The second-order valence-corrected chi connectivity index (χ2v) is 12.4. The number of benzene rings is 9. The van der Waals surface area contributed by atoms with Crippen LogP contribution >= 0.6 is 0 Å². The number of hydrogen-bond donors (Lipinski definition) is 0. The quantitative estimate of drug-likeness (QED) is 0.136.